The summed E-state index contributed by atoms with van der Waals surface area (Å²) >= 11 is 0. The number of nitrogens with zero attached hydrogens (tertiary/aromatic N) is 1. The summed E-state index contributed by atoms with van der Waals surface area (Å²) in [6.45, 7) is 3.09. The topological polar surface area (TPSA) is 41.6 Å². The average Bonchev–Trinajstić information content (AvgIpc) is 2.90. The van der Waals surface area contributed by atoms with E-state index in [-0.39, 0.29) is 5.91 Å². The Labute approximate surface area is 110 Å². The maximum atomic E-state index is 12.1. The van der Waals surface area contributed by atoms with Crippen molar-refractivity contribution in [1.82, 2.24) is 10.2 Å². The fourth-order valence-corrected chi connectivity index (χ4v) is 3.14. The van der Waals surface area contributed by atoms with E-state index < -0.39 is 0 Å². The molecule has 2 rings (SSSR count). The molecule has 2 fully saturated rings. The molecule has 104 valence electrons. The maximum absolute atomic E-state index is 12.1. The van der Waals surface area contributed by atoms with Gasteiger partial charge in [0.25, 0.3) is 0 Å². The van der Waals surface area contributed by atoms with E-state index in [4.69, 9.17) is 4.74 Å². The predicted octanol–water partition coefficient (Wildman–Crippen LogP) is 1.40. The number of rotatable bonds is 5. The van der Waals surface area contributed by atoms with Gasteiger partial charge >= 0.3 is 0 Å². The highest BCUT2D eigenvalue weighted by atomic mass is 16.5. The first kappa shape index (κ1) is 13.8. The molecule has 1 saturated heterocycles. The van der Waals surface area contributed by atoms with Gasteiger partial charge < -0.3 is 15.0 Å². The van der Waals surface area contributed by atoms with Crippen LogP contribution >= 0.6 is 0 Å². The molecule has 1 saturated carbocycles. The number of carbonyl (C=O) groups excluding carboxylic acids is 1. The average molecular weight is 254 g/mol. The van der Waals surface area contributed by atoms with Gasteiger partial charge in [-0.05, 0) is 31.6 Å². The number of nitrogens with one attached hydrogen (secondary N) is 1. The van der Waals surface area contributed by atoms with Gasteiger partial charge in [0.1, 0.15) is 0 Å². The lowest BCUT2D eigenvalue weighted by Crippen LogP contribution is -2.46. The summed E-state index contributed by atoms with van der Waals surface area (Å²) in [6.07, 6.45) is 7.40. The molecule has 1 aliphatic heterocycles. The maximum Gasteiger partial charge on any atom is 0.236 e. The molecule has 1 aliphatic carbocycles. The third-order valence-corrected chi connectivity index (χ3v) is 4.17. The summed E-state index contributed by atoms with van der Waals surface area (Å²) in [7, 11) is 1.74. The van der Waals surface area contributed by atoms with Crippen LogP contribution in [-0.4, -0.2) is 50.2 Å². The normalized spacial score (nSPS) is 25.6. The Balaban J connectivity index is 1.70. The molecule has 4 nitrogen and oxygen atoms in total. The molecule has 1 amide bonds. The van der Waals surface area contributed by atoms with E-state index in [1.807, 2.05) is 4.90 Å². The van der Waals surface area contributed by atoms with Crippen LogP contribution in [0.25, 0.3) is 0 Å². The second-order valence-electron chi connectivity index (χ2n) is 5.67. The molecule has 1 N–H and O–H groups in total. The summed E-state index contributed by atoms with van der Waals surface area (Å²) in [4.78, 5) is 14.1. The van der Waals surface area contributed by atoms with E-state index in [0.717, 1.165) is 26.1 Å². The monoisotopic (exact) mass is 254 g/mol. The minimum Gasteiger partial charge on any atom is -0.384 e. The zero-order valence-corrected chi connectivity index (χ0v) is 11.5. The van der Waals surface area contributed by atoms with Gasteiger partial charge in [0, 0.05) is 26.2 Å². The lowest BCUT2D eigenvalue weighted by Gasteiger charge is -2.32. The molecule has 0 aromatic rings. The molecule has 4 heteroatoms. The van der Waals surface area contributed by atoms with Gasteiger partial charge in [0.05, 0.1) is 13.2 Å². The van der Waals surface area contributed by atoms with E-state index in [0.29, 0.717) is 18.5 Å². The zero-order valence-electron chi connectivity index (χ0n) is 11.5. The van der Waals surface area contributed by atoms with Crippen molar-refractivity contribution in [2.75, 3.05) is 33.4 Å². The van der Waals surface area contributed by atoms with Crippen molar-refractivity contribution < 1.29 is 9.53 Å². The van der Waals surface area contributed by atoms with Crippen molar-refractivity contribution in [3.05, 3.63) is 0 Å². The number of ether oxygens (including phenoxy) is 1. The van der Waals surface area contributed by atoms with Crippen LogP contribution in [0.2, 0.25) is 0 Å². The number of methoxy groups -OCH3 is 1. The van der Waals surface area contributed by atoms with Crippen LogP contribution < -0.4 is 5.32 Å². The van der Waals surface area contributed by atoms with Crippen LogP contribution in [0.4, 0.5) is 0 Å². The first-order valence-corrected chi connectivity index (χ1v) is 7.29. The molecule has 0 radical (unpaired) electrons. The standard InChI is InChI=1S/C14H26N2O2/c1-18-11-12-5-4-8-16(10-12)14(17)9-15-13-6-2-3-7-13/h12-13,15H,2-11H2,1H3. The van der Waals surface area contributed by atoms with Crippen LogP contribution in [-0.2, 0) is 9.53 Å². The number of likely N-dealkylation sites (tertiary alicyclic amines) is 1. The quantitative estimate of drug-likeness (QED) is 0.806. The minimum atomic E-state index is 0.266. The Kier molecular flexibility index (Phi) is 5.45. The summed E-state index contributed by atoms with van der Waals surface area (Å²) < 4.78 is 5.20. The Morgan fingerprint density at radius 3 is 2.78 bits per heavy atom. The van der Waals surface area contributed by atoms with E-state index in [1.165, 1.54) is 32.1 Å². The molecule has 0 aromatic heterocycles. The number of hydrogen-bond acceptors (Lipinski definition) is 3. The van der Waals surface area contributed by atoms with E-state index in [1.54, 1.807) is 7.11 Å². The Morgan fingerprint density at radius 1 is 1.28 bits per heavy atom. The molecule has 1 atom stereocenters. The summed E-state index contributed by atoms with van der Waals surface area (Å²) in [5, 5.41) is 3.40. The first-order valence-electron chi connectivity index (χ1n) is 7.29. The van der Waals surface area contributed by atoms with Crippen LogP contribution in [0.1, 0.15) is 38.5 Å². The molecular formula is C14H26N2O2. The summed E-state index contributed by atoms with van der Waals surface area (Å²) in [6, 6.07) is 0.577. The largest absolute Gasteiger partial charge is 0.384 e. The van der Waals surface area contributed by atoms with Crippen LogP contribution in [0.15, 0.2) is 0 Å². The van der Waals surface area contributed by atoms with E-state index in [9.17, 15) is 4.79 Å². The number of piperidine rings is 1. The molecular weight excluding hydrogens is 228 g/mol. The molecule has 0 spiro atoms. The molecule has 0 bridgehead atoms. The lowest BCUT2D eigenvalue weighted by molar-refractivity contribution is -0.132. The molecule has 1 heterocycles. The fourth-order valence-electron chi connectivity index (χ4n) is 3.14. The second-order valence-corrected chi connectivity index (χ2v) is 5.67. The highest BCUT2D eigenvalue weighted by Crippen LogP contribution is 2.18. The van der Waals surface area contributed by atoms with Gasteiger partial charge in [-0.25, -0.2) is 0 Å². The highest BCUT2D eigenvalue weighted by molar-refractivity contribution is 5.78. The van der Waals surface area contributed by atoms with Gasteiger partial charge in [-0.15, -0.1) is 0 Å². The third kappa shape index (κ3) is 3.95. The highest BCUT2D eigenvalue weighted by Gasteiger charge is 2.24. The van der Waals surface area contributed by atoms with Gasteiger partial charge in [0.2, 0.25) is 5.91 Å². The SMILES string of the molecule is COCC1CCCN(C(=O)CNC2CCCC2)C1. The Bertz CT molecular complexity index is 263. The second kappa shape index (κ2) is 7.10. The van der Waals surface area contributed by atoms with Gasteiger partial charge in [-0.1, -0.05) is 12.8 Å². The van der Waals surface area contributed by atoms with Crippen molar-refractivity contribution in [1.29, 1.82) is 0 Å². The fraction of sp³-hybridized carbons (Fsp3) is 0.929. The smallest absolute Gasteiger partial charge is 0.236 e. The molecule has 18 heavy (non-hydrogen) atoms. The third-order valence-electron chi connectivity index (χ3n) is 4.17. The van der Waals surface area contributed by atoms with Crippen LogP contribution in [0.3, 0.4) is 0 Å². The summed E-state index contributed by atoms with van der Waals surface area (Å²) in [5.74, 6) is 0.793. The number of amides is 1. The number of carbonyl (C=O) groups is 1. The Hall–Kier alpha value is -0.610. The predicted molar refractivity (Wildman–Crippen MR) is 71.4 cm³/mol. The van der Waals surface area contributed by atoms with Crippen molar-refractivity contribution in [3.63, 3.8) is 0 Å². The minimum absolute atomic E-state index is 0.266. The van der Waals surface area contributed by atoms with E-state index in [2.05, 4.69) is 5.32 Å². The van der Waals surface area contributed by atoms with Crippen LogP contribution in [0, 0.1) is 5.92 Å². The molecule has 0 aromatic carbocycles. The van der Waals surface area contributed by atoms with E-state index >= 15 is 0 Å². The van der Waals surface area contributed by atoms with Crippen molar-refractivity contribution in [2.24, 2.45) is 5.92 Å². The first-order chi connectivity index (χ1) is 8.79. The van der Waals surface area contributed by atoms with Gasteiger partial charge in [0.15, 0.2) is 0 Å². The van der Waals surface area contributed by atoms with Crippen LogP contribution in [0.5, 0.6) is 0 Å². The summed E-state index contributed by atoms with van der Waals surface area (Å²) in [5.41, 5.74) is 0. The lowest BCUT2D eigenvalue weighted by atomic mass is 9.99. The Morgan fingerprint density at radius 2 is 2.06 bits per heavy atom. The number of hydrogen-bond donors (Lipinski definition) is 1. The van der Waals surface area contributed by atoms with Crippen molar-refractivity contribution >= 4 is 5.91 Å². The zero-order chi connectivity index (χ0) is 12.8. The molecule has 1 unspecified atom stereocenters. The van der Waals surface area contributed by atoms with Gasteiger partial charge in [-0.3, -0.25) is 4.79 Å². The van der Waals surface area contributed by atoms with Crippen molar-refractivity contribution in [3.8, 4) is 0 Å². The van der Waals surface area contributed by atoms with Gasteiger partial charge in [-0.2, -0.15) is 0 Å². The van der Waals surface area contributed by atoms with Crippen molar-refractivity contribution in [2.45, 2.75) is 44.6 Å². The molecule has 2 aliphatic rings.